The molecule has 1 heterocycles. The van der Waals surface area contributed by atoms with Crippen LogP contribution in [0.4, 0.5) is 0 Å². The Morgan fingerprint density at radius 1 is 1.12 bits per heavy atom. The quantitative estimate of drug-likeness (QED) is 0.770. The maximum absolute atomic E-state index is 3.59. The van der Waals surface area contributed by atoms with Crippen LogP contribution >= 0.6 is 0 Å². The van der Waals surface area contributed by atoms with Crippen LogP contribution in [0.1, 0.15) is 26.7 Å². The van der Waals surface area contributed by atoms with E-state index in [2.05, 4.69) is 36.0 Å². The second kappa shape index (κ2) is 5.48. The molecule has 0 bridgehead atoms. The zero-order valence-corrected chi connectivity index (χ0v) is 11.1. The summed E-state index contributed by atoms with van der Waals surface area (Å²) in [6.07, 6.45) is 2.85. The third-order valence-electron chi connectivity index (χ3n) is 4.17. The molecule has 0 aromatic rings. The Hall–Kier alpha value is -0.120. The predicted octanol–water partition coefficient (Wildman–Crippen LogP) is 1.01. The van der Waals surface area contributed by atoms with Crippen LogP contribution in [0.2, 0.25) is 0 Å². The molecule has 2 atom stereocenters. The second-order valence-corrected chi connectivity index (χ2v) is 5.81. The summed E-state index contributed by atoms with van der Waals surface area (Å²) in [6, 6.07) is 1.51. The molecule has 3 nitrogen and oxygen atoms in total. The van der Waals surface area contributed by atoms with E-state index in [1.54, 1.807) is 0 Å². The average Bonchev–Trinajstić information content (AvgIpc) is 2.19. The largest absolute Gasteiger partial charge is 0.314 e. The van der Waals surface area contributed by atoms with Crippen molar-refractivity contribution in [3.8, 4) is 0 Å². The molecule has 1 aliphatic heterocycles. The van der Waals surface area contributed by atoms with Crippen molar-refractivity contribution in [3.05, 3.63) is 0 Å². The van der Waals surface area contributed by atoms with Gasteiger partial charge in [0.25, 0.3) is 0 Å². The minimum Gasteiger partial charge on any atom is -0.314 e. The Morgan fingerprint density at radius 2 is 1.81 bits per heavy atom. The van der Waals surface area contributed by atoms with Gasteiger partial charge in [-0.25, -0.2) is 0 Å². The lowest BCUT2D eigenvalue weighted by Gasteiger charge is -2.47. The first-order chi connectivity index (χ1) is 7.66. The van der Waals surface area contributed by atoms with Crippen LogP contribution in [0.15, 0.2) is 0 Å². The van der Waals surface area contributed by atoms with Gasteiger partial charge in [-0.1, -0.05) is 13.8 Å². The van der Waals surface area contributed by atoms with Crippen LogP contribution in [-0.4, -0.2) is 61.7 Å². The summed E-state index contributed by atoms with van der Waals surface area (Å²) in [6.45, 7) is 10.8. The van der Waals surface area contributed by atoms with E-state index in [1.165, 1.54) is 45.6 Å². The van der Waals surface area contributed by atoms with Gasteiger partial charge in [0.05, 0.1) is 0 Å². The second-order valence-electron chi connectivity index (χ2n) is 5.81. The summed E-state index contributed by atoms with van der Waals surface area (Å²) >= 11 is 0. The Labute approximate surface area is 100 Å². The maximum atomic E-state index is 3.59. The number of nitrogens with one attached hydrogen (secondary N) is 1. The van der Waals surface area contributed by atoms with Crippen molar-refractivity contribution in [2.24, 2.45) is 5.92 Å². The number of piperazine rings is 1. The van der Waals surface area contributed by atoms with E-state index in [0.717, 1.165) is 12.0 Å². The van der Waals surface area contributed by atoms with Gasteiger partial charge in [-0.3, -0.25) is 4.90 Å². The number of nitrogens with zero attached hydrogens (tertiary/aromatic N) is 2. The van der Waals surface area contributed by atoms with Crippen molar-refractivity contribution in [2.75, 3.05) is 39.8 Å². The molecule has 0 radical (unpaired) electrons. The van der Waals surface area contributed by atoms with E-state index in [1.807, 2.05) is 0 Å². The van der Waals surface area contributed by atoms with E-state index < -0.39 is 0 Å². The lowest BCUT2D eigenvalue weighted by Crippen LogP contribution is -2.56. The van der Waals surface area contributed by atoms with Crippen LogP contribution < -0.4 is 5.32 Å². The van der Waals surface area contributed by atoms with Crippen molar-refractivity contribution in [1.82, 2.24) is 15.1 Å². The van der Waals surface area contributed by atoms with Gasteiger partial charge in [-0.2, -0.15) is 0 Å². The van der Waals surface area contributed by atoms with E-state index in [0.29, 0.717) is 6.04 Å². The summed E-state index contributed by atoms with van der Waals surface area (Å²) in [5.74, 6) is 0.908. The highest BCUT2D eigenvalue weighted by Crippen LogP contribution is 2.32. The van der Waals surface area contributed by atoms with Gasteiger partial charge in [0.1, 0.15) is 0 Å². The fraction of sp³-hybridized carbons (Fsp3) is 1.00. The minimum atomic E-state index is 0.633. The highest BCUT2D eigenvalue weighted by Gasteiger charge is 2.35. The van der Waals surface area contributed by atoms with E-state index in [9.17, 15) is 0 Å². The summed E-state index contributed by atoms with van der Waals surface area (Å²) < 4.78 is 0. The fourth-order valence-electron chi connectivity index (χ4n) is 2.81. The number of rotatable bonds is 4. The topological polar surface area (TPSA) is 18.5 Å². The molecule has 2 rings (SSSR count). The highest BCUT2D eigenvalue weighted by molar-refractivity contribution is 4.91. The number of likely N-dealkylation sites (N-methyl/N-ethyl adjacent to an activating group) is 1. The van der Waals surface area contributed by atoms with Crippen LogP contribution in [0.25, 0.3) is 0 Å². The van der Waals surface area contributed by atoms with E-state index in [-0.39, 0.29) is 0 Å². The summed E-state index contributed by atoms with van der Waals surface area (Å²) in [4.78, 5) is 5.16. The van der Waals surface area contributed by atoms with Gasteiger partial charge in [0.2, 0.25) is 0 Å². The molecular formula is C13H27N3. The Morgan fingerprint density at radius 3 is 2.31 bits per heavy atom. The first-order valence-electron chi connectivity index (χ1n) is 6.83. The molecule has 0 amide bonds. The molecular weight excluding hydrogens is 198 g/mol. The summed E-state index contributed by atoms with van der Waals surface area (Å²) in [5.41, 5.74) is 0. The first-order valence-corrected chi connectivity index (χ1v) is 6.83. The lowest BCUT2D eigenvalue weighted by atomic mass is 9.78. The molecule has 1 saturated carbocycles. The third-order valence-corrected chi connectivity index (χ3v) is 4.17. The summed E-state index contributed by atoms with van der Waals surface area (Å²) in [7, 11) is 2.23. The van der Waals surface area contributed by atoms with Crippen LogP contribution in [0.3, 0.4) is 0 Å². The molecule has 2 fully saturated rings. The molecule has 94 valence electrons. The minimum absolute atomic E-state index is 0.633. The van der Waals surface area contributed by atoms with Gasteiger partial charge in [-0.05, 0) is 32.4 Å². The van der Waals surface area contributed by atoms with Crippen LogP contribution in [-0.2, 0) is 0 Å². The van der Waals surface area contributed by atoms with Gasteiger partial charge in [0, 0.05) is 38.3 Å². The monoisotopic (exact) mass is 225 g/mol. The number of hydrogen-bond donors (Lipinski definition) is 1. The Balaban J connectivity index is 1.73. The molecule has 0 spiro atoms. The smallest absolute Gasteiger partial charge is 0.0137 e. The van der Waals surface area contributed by atoms with E-state index >= 15 is 0 Å². The highest BCUT2D eigenvalue weighted by atomic mass is 15.3. The molecule has 0 aromatic carbocycles. The van der Waals surface area contributed by atoms with Gasteiger partial charge >= 0.3 is 0 Å². The molecule has 1 aliphatic carbocycles. The van der Waals surface area contributed by atoms with E-state index in [4.69, 9.17) is 0 Å². The fourth-order valence-corrected chi connectivity index (χ4v) is 2.81. The third kappa shape index (κ3) is 2.96. The van der Waals surface area contributed by atoms with Crippen molar-refractivity contribution in [2.45, 2.75) is 38.8 Å². The zero-order chi connectivity index (χ0) is 11.5. The molecule has 0 aromatic heterocycles. The normalized spacial score (nSPS) is 33.0. The lowest BCUT2D eigenvalue weighted by molar-refractivity contribution is 0.0266. The van der Waals surface area contributed by atoms with Crippen molar-refractivity contribution < 1.29 is 0 Å². The SMILES string of the molecule is CC(C)NCC1CCC1N1CCN(C)CC1. The Kier molecular flexibility index (Phi) is 4.22. The Bertz CT molecular complexity index is 209. The average molecular weight is 225 g/mol. The van der Waals surface area contributed by atoms with Gasteiger partial charge in [-0.15, -0.1) is 0 Å². The van der Waals surface area contributed by atoms with Crippen LogP contribution in [0.5, 0.6) is 0 Å². The van der Waals surface area contributed by atoms with Crippen molar-refractivity contribution in [1.29, 1.82) is 0 Å². The molecule has 2 aliphatic rings. The summed E-state index contributed by atoms with van der Waals surface area (Å²) in [5, 5.41) is 3.59. The standard InChI is InChI=1S/C13H27N3/c1-11(2)14-10-12-4-5-13(12)16-8-6-15(3)7-9-16/h11-14H,4-10H2,1-3H3. The van der Waals surface area contributed by atoms with Gasteiger partial charge in [0.15, 0.2) is 0 Å². The predicted molar refractivity (Wildman–Crippen MR) is 68.7 cm³/mol. The van der Waals surface area contributed by atoms with Crippen LogP contribution in [0, 0.1) is 5.92 Å². The molecule has 2 unspecified atom stereocenters. The first kappa shape index (κ1) is 12.3. The zero-order valence-electron chi connectivity index (χ0n) is 11.1. The molecule has 1 saturated heterocycles. The van der Waals surface area contributed by atoms with Crippen molar-refractivity contribution >= 4 is 0 Å². The molecule has 3 heteroatoms. The van der Waals surface area contributed by atoms with Crippen molar-refractivity contribution in [3.63, 3.8) is 0 Å². The maximum Gasteiger partial charge on any atom is 0.0137 e. The molecule has 1 N–H and O–H groups in total. The molecule has 16 heavy (non-hydrogen) atoms. The van der Waals surface area contributed by atoms with Gasteiger partial charge < -0.3 is 10.2 Å². The number of hydrogen-bond acceptors (Lipinski definition) is 3.